The number of rotatable bonds is 10. The van der Waals surface area contributed by atoms with Crippen molar-refractivity contribution < 1.29 is 24.5 Å². The van der Waals surface area contributed by atoms with Gasteiger partial charge in [0.25, 0.3) is 0 Å². The molecule has 0 fully saturated rings. The molecule has 198 valence electrons. The van der Waals surface area contributed by atoms with E-state index in [4.69, 9.17) is 19.6 Å². The molecular weight excluding hydrogens is 558 g/mol. The molecule has 0 aromatic heterocycles. The normalized spacial score (nSPS) is 18.3. The van der Waals surface area contributed by atoms with E-state index >= 15 is 0 Å². The van der Waals surface area contributed by atoms with Crippen LogP contribution in [0.25, 0.3) is 11.1 Å². The van der Waals surface area contributed by atoms with Crippen molar-refractivity contribution in [3.05, 3.63) is 124 Å². The first-order valence-corrected chi connectivity index (χ1v) is 13.5. The first-order chi connectivity index (χ1) is 19.0. The molecule has 0 bridgehead atoms. The molecule has 1 aliphatic rings. The average molecular weight is 586 g/mol. The first kappa shape index (κ1) is 26.7. The second-order valence-electron chi connectivity index (χ2n) is 9.39. The van der Waals surface area contributed by atoms with E-state index in [9.17, 15) is 9.90 Å². The molecule has 1 heterocycles. The maximum absolute atomic E-state index is 13.0. The van der Waals surface area contributed by atoms with Gasteiger partial charge in [0.05, 0.1) is 6.61 Å². The third-order valence-corrected chi connectivity index (χ3v) is 7.24. The van der Waals surface area contributed by atoms with Crippen LogP contribution in [0.15, 0.2) is 113 Å². The molecule has 0 unspecified atom stereocenters. The van der Waals surface area contributed by atoms with E-state index in [1.165, 1.54) is 0 Å². The Morgan fingerprint density at radius 3 is 2.15 bits per heavy atom. The second kappa shape index (κ2) is 11.8. The molecule has 0 aliphatic carbocycles. The Morgan fingerprint density at radius 2 is 1.51 bits per heavy atom. The number of carbonyl (C=O) groups is 1. The molecule has 0 amide bonds. The van der Waals surface area contributed by atoms with Crippen LogP contribution < -0.4 is 4.74 Å². The number of hydrogen-bond acceptors (Lipinski definition) is 5. The maximum atomic E-state index is 13.0. The lowest BCUT2D eigenvalue weighted by Gasteiger charge is -2.28. The molecular formula is C32H28BrNO5. The van der Waals surface area contributed by atoms with Crippen LogP contribution in [-0.4, -0.2) is 40.8 Å². The van der Waals surface area contributed by atoms with Crippen molar-refractivity contribution in [3.8, 4) is 16.9 Å². The van der Waals surface area contributed by atoms with Crippen LogP contribution in [0, 0.1) is 0 Å². The summed E-state index contributed by atoms with van der Waals surface area (Å²) in [5.74, 6) is -0.131. The van der Waals surface area contributed by atoms with E-state index in [0.717, 1.165) is 26.7 Å². The standard InChI is InChI=1S/C32H28BrNO5/c33-27-15-7-22(8-16-27)21-32(31(36)37)29(25-11-9-24(10-12-25)23-5-2-1-3-6-23)39-30(34-32)26-13-17-28(18-14-26)38-20-4-19-35/h1-3,5-18,29,35H,4,19-21H2,(H,36,37)/t29-,32-/m1/s1. The van der Waals surface area contributed by atoms with Gasteiger partial charge >= 0.3 is 5.97 Å². The molecule has 6 nitrogen and oxygen atoms in total. The summed E-state index contributed by atoms with van der Waals surface area (Å²) in [6.45, 7) is 0.468. The number of aliphatic carboxylic acids is 1. The van der Waals surface area contributed by atoms with Gasteiger partial charge in [-0.25, -0.2) is 9.79 Å². The number of benzene rings is 4. The monoisotopic (exact) mass is 585 g/mol. The van der Waals surface area contributed by atoms with Crippen LogP contribution in [0.1, 0.15) is 29.2 Å². The highest BCUT2D eigenvalue weighted by atomic mass is 79.9. The summed E-state index contributed by atoms with van der Waals surface area (Å²) < 4.78 is 12.9. The molecule has 0 radical (unpaired) electrons. The van der Waals surface area contributed by atoms with E-state index in [1.807, 2.05) is 78.9 Å². The summed E-state index contributed by atoms with van der Waals surface area (Å²) in [6.07, 6.45) is -0.134. The number of carboxylic acid groups (broad SMARTS) is 1. The highest BCUT2D eigenvalue weighted by Gasteiger charge is 2.53. The largest absolute Gasteiger partial charge is 0.494 e. The summed E-state index contributed by atoms with van der Waals surface area (Å²) >= 11 is 3.45. The van der Waals surface area contributed by atoms with Gasteiger partial charge in [0.1, 0.15) is 5.75 Å². The van der Waals surface area contributed by atoms with Crippen LogP contribution >= 0.6 is 15.9 Å². The number of nitrogens with zero attached hydrogens (tertiary/aromatic N) is 1. The van der Waals surface area contributed by atoms with Crippen molar-refractivity contribution >= 4 is 27.8 Å². The van der Waals surface area contributed by atoms with Gasteiger partial charge in [-0.2, -0.15) is 0 Å². The minimum Gasteiger partial charge on any atom is -0.494 e. The SMILES string of the molecule is O=C(O)[C@]1(Cc2ccc(Br)cc2)N=C(c2ccc(OCCCO)cc2)O[C@@H]1c1ccc(-c2ccccc2)cc1. The lowest BCUT2D eigenvalue weighted by Crippen LogP contribution is -2.43. The fourth-order valence-corrected chi connectivity index (χ4v) is 4.93. The van der Waals surface area contributed by atoms with Crippen LogP contribution in [-0.2, 0) is 16.0 Å². The Bertz CT molecular complexity index is 1440. The van der Waals surface area contributed by atoms with Gasteiger partial charge in [-0.1, -0.05) is 82.7 Å². The lowest BCUT2D eigenvalue weighted by molar-refractivity contribution is -0.146. The molecule has 5 rings (SSSR count). The van der Waals surface area contributed by atoms with Crippen LogP contribution in [0.5, 0.6) is 5.75 Å². The van der Waals surface area contributed by atoms with Crippen molar-refractivity contribution in [3.63, 3.8) is 0 Å². The topological polar surface area (TPSA) is 88.4 Å². The molecule has 1 aliphatic heterocycles. The third-order valence-electron chi connectivity index (χ3n) is 6.71. The molecule has 2 N–H and O–H groups in total. The van der Waals surface area contributed by atoms with Gasteiger partial charge in [-0.15, -0.1) is 0 Å². The van der Waals surface area contributed by atoms with Gasteiger partial charge in [-0.3, -0.25) is 0 Å². The van der Waals surface area contributed by atoms with Crippen molar-refractivity contribution in [1.82, 2.24) is 0 Å². The average Bonchev–Trinajstić information content (AvgIpc) is 3.36. The second-order valence-corrected chi connectivity index (χ2v) is 10.3. The summed E-state index contributed by atoms with van der Waals surface area (Å²) in [6, 6.07) is 32.6. The van der Waals surface area contributed by atoms with E-state index < -0.39 is 17.6 Å². The number of aliphatic hydroxyl groups is 1. The molecule has 0 saturated heterocycles. The van der Waals surface area contributed by atoms with Crippen molar-refractivity contribution in [2.24, 2.45) is 4.99 Å². The van der Waals surface area contributed by atoms with E-state index in [1.54, 1.807) is 24.3 Å². The predicted octanol–water partition coefficient (Wildman–Crippen LogP) is 6.46. The van der Waals surface area contributed by atoms with E-state index in [-0.39, 0.29) is 18.9 Å². The van der Waals surface area contributed by atoms with Gasteiger partial charge < -0.3 is 19.7 Å². The predicted molar refractivity (Wildman–Crippen MR) is 154 cm³/mol. The number of ether oxygens (including phenoxy) is 2. The zero-order valence-corrected chi connectivity index (χ0v) is 22.8. The quantitative estimate of drug-likeness (QED) is 0.208. The fraction of sp³-hybridized carbons (Fsp3) is 0.188. The Balaban J connectivity index is 1.51. The first-order valence-electron chi connectivity index (χ1n) is 12.7. The van der Waals surface area contributed by atoms with Crippen molar-refractivity contribution in [2.75, 3.05) is 13.2 Å². The van der Waals surface area contributed by atoms with Crippen LogP contribution in [0.4, 0.5) is 0 Å². The third kappa shape index (κ3) is 5.90. The minimum atomic E-state index is -1.56. The highest BCUT2D eigenvalue weighted by molar-refractivity contribution is 9.10. The summed E-state index contributed by atoms with van der Waals surface area (Å²) in [4.78, 5) is 17.8. The minimum absolute atomic E-state index is 0.0616. The molecule has 0 spiro atoms. The van der Waals surface area contributed by atoms with Crippen molar-refractivity contribution in [1.29, 1.82) is 0 Å². The molecule has 7 heteroatoms. The summed E-state index contributed by atoms with van der Waals surface area (Å²) in [5.41, 5.74) is 2.78. The lowest BCUT2D eigenvalue weighted by atomic mass is 9.82. The molecule has 4 aromatic carbocycles. The van der Waals surface area contributed by atoms with Gasteiger partial charge in [0.2, 0.25) is 11.4 Å². The van der Waals surface area contributed by atoms with Crippen LogP contribution in [0.3, 0.4) is 0 Å². The summed E-state index contributed by atoms with van der Waals surface area (Å²) in [5, 5.41) is 19.6. The molecule has 2 atom stereocenters. The van der Waals surface area contributed by atoms with Crippen LogP contribution in [0.2, 0.25) is 0 Å². The highest BCUT2D eigenvalue weighted by Crippen LogP contribution is 2.43. The van der Waals surface area contributed by atoms with Gasteiger partial charge in [-0.05, 0) is 58.7 Å². The molecule has 0 saturated carbocycles. The number of carboxylic acids is 1. The molecule has 39 heavy (non-hydrogen) atoms. The Hall–Kier alpha value is -3.94. The number of halogens is 1. The molecule has 4 aromatic rings. The zero-order valence-electron chi connectivity index (χ0n) is 21.2. The van der Waals surface area contributed by atoms with Crippen molar-refractivity contribution in [2.45, 2.75) is 24.5 Å². The van der Waals surface area contributed by atoms with Gasteiger partial charge in [0.15, 0.2) is 6.10 Å². The Kier molecular flexibility index (Phi) is 8.10. The number of aliphatic imine (C=N–C) groups is 1. The van der Waals surface area contributed by atoms with E-state index in [0.29, 0.717) is 24.3 Å². The number of hydrogen-bond donors (Lipinski definition) is 2. The Morgan fingerprint density at radius 1 is 0.872 bits per heavy atom. The smallest absolute Gasteiger partial charge is 0.336 e. The Labute approximate surface area is 235 Å². The fourth-order valence-electron chi connectivity index (χ4n) is 4.66. The van der Waals surface area contributed by atoms with Gasteiger partial charge in [0, 0.05) is 29.5 Å². The number of aliphatic hydroxyl groups excluding tert-OH is 1. The summed E-state index contributed by atoms with van der Waals surface area (Å²) in [7, 11) is 0. The van der Waals surface area contributed by atoms with E-state index in [2.05, 4.69) is 15.9 Å². The maximum Gasteiger partial charge on any atom is 0.336 e. The zero-order chi connectivity index (χ0) is 27.2.